The molecule has 4 nitrogen and oxygen atoms in total. The normalized spacial score (nSPS) is 24.2. The van der Waals surface area contributed by atoms with Crippen molar-refractivity contribution in [2.45, 2.75) is 44.8 Å². The highest BCUT2D eigenvalue weighted by molar-refractivity contribution is 5.95. The number of nitrogens with one attached hydrogen (secondary N) is 2. The molecule has 0 unspecified atom stereocenters. The van der Waals surface area contributed by atoms with E-state index in [9.17, 15) is 18.0 Å². The van der Waals surface area contributed by atoms with Crippen LogP contribution in [0.25, 0.3) is 0 Å². The van der Waals surface area contributed by atoms with Crippen LogP contribution in [0.4, 0.5) is 13.2 Å². The minimum atomic E-state index is -4.11. The van der Waals surface area contributed by atoms with Gasteiger partial charge < -0.3 is 5.32 Å². The number of nitrogens with zero attached hydrogens (tertiary/aromatic N) is 1. The summed E-state index contributed by atoms with van der Waals surface area (Å²) in [6, 6.07) is -0.180. The van der Waals surface area contributed by atoms with Crippen molar-refractivity contribution in [2.75, 3.05) is 0 Å². The van der Waals surface area contributed by atoms with E-state index in [-0.39, 0.29) is 24.8 Å². The number of halogens is 3. The lowest BCUT2D eigenvalue weighted by atomic mass is 9.85. The zero-order chi connectivity index (χ0) is 14.0. The molecule has 1 saturated carbocycles. The molecule has 7 heteroatoms. The molecule has 1 fully saturated rings. The summed E-state index contributed by atoms with van der Waals surface area (Å²) in [6.07, 6.45) is -1.79. The van der Waals surface area contributed by atoms with Crippen molar-refractivity contribution in [3.63, 3.8) is 0 Å². The smallest absolute Gasteiger partial charge is 0.349 e. The molecule has 0 aliphatic heterocycles. The molecule has 1 amide bonds. The molecule has 1 heterocycles. The molecule has 2 N–H and O–H groups in total. The molecular formula is C12H16F3N3O. The number of aromatic amines is 1. The highest BCUT2D eigenvalue weighted by Gasteiger charge is 2.41. The Balaban J connectivity index is 1.86. The number of aryl methyl sites for hydroxylation is 1. The van der Waals surface area contributed by atoms with Crippen LogP contribution in [0.3, 0.4) is 0 Å². The summed E-state index contributed by atoms with van der Waals surface area (Å²) in [5.41, 5.74) is 1.10. The van der Waals surface area contributed by atoms with Gasteiger partial charge >= 0.3 is 6.18 Å². The number of H-pyrrole nitrogens is 1. The van der Waals surface area contributed by atoms with Gasteiger partial charge in [-0.25, -0.2) is 0 Å². The van der Waals surface area contributed by atoms with Gasteiger partial charge in [0.2, 0.25) is 0 Å². The van der Waals surface area contributed by atoms with Gasteiger partial charge in [-0.15, -0.1) is 0 Å². The summed E-state index contributed by atoms with van der Waals surface area (Å²) in [4.78, 5) is 11.9. The Morgan fingerprint density at radius 2 is 2.00 bits per heavy atom. The maximum absolute atomic E-state index is 12.5. The number of hydrogen-bond donors (Lipinski definition) is 2. The topological polar surface area (TPSA) is 57.8 Å². The zero-order valence-corrected chi connectivity index (χ0v) is 10.5. The van der Waals surface area contributed by atoms with Crippen LogP contribution < -0.4 is 5.32 Å². The number of aromatic nitrogens is 2. The average Bonchev–Trinajstić information content (AvgIpc) is 2.75. The second kappa shape index (κ2) is 5.22. The van der Waals surface area contributed by atoms with E-state index in [1.165, 1.54) is 6.20 Å². The molecule has 0 bridgehead atoms. The fourth-order valence-electron chi connectivity index (χ4n) is 2.41. The average molecular weight is 275 g/mol. The third-order valence-electron chi connectivity index (χ3n) is 3.60. The van der Waals surface area contributed by atoms with Gasteiger partial charge in [0, 0.05) is 11.7 Å². The number of alkyl halides is 3. The first-order valence-corrected chi connectivity index (χ1v) is 6.25. The van der Waals surface area contributed by atoms with Crippen LogP contribution in [0, 0.1) is 12.8 Å². The van der Waals surface area contributed by atoms with Crippen molar-refractivity contribution in [1.82, 2.24) is 15.5 Å². The van der Waals surface area contributed by atoms with E-state index in [2.05, 4.69) is 15.5 Å². The summed E-state index contributed by atoms with van der Waals surface area (Å²) in [6.45, 7) is 1.72. The van der Waals surface area contributed by atoms with Gasteiger partial charge in [0.15, 0.2) is 0 Å². The van der Waals surface area contributed by atoms with E-state index >= 15 is 0 Å². The molecule has 106 valence electrons. The van der Waals surface area contributed by atoms with Gasteiger partial charge in [-0.2, -0.15) is 18.3 Å². The van der Waals surface area contributed by atoms with Gasteiger partial charge in [0.05, 0.1) is 17.7 Å². The van der Waals surface area contributed by atoms with E-state index in [1.54, 1.807) is 6.92 Å². The molecule has 1 aromatic rings. The molecule has 0 spiro atoms. The predicted octanol–water partition coefficient (Wildman–Crippen LogP) is 2.57. The van der Waals surface area contributed by atoms with Gasteiger partial charge in [-0.05, 0) is 32.6 Å². The summed E-state index contributed by atoms with van der Waals surface area (Å²) in [5, 5.41) is 9.17. The third-order valence-corrected chi connectivity index (χ3v) is 3.60. The maximum atomic E-state index is 12.5. The standard InChI is InChI=1S/C12H16F3N3O/c1-7-10(6-16-18-7)11(19)17-9-4-2-8(3-5-9)12(13,14)15/h6,8-9H,2-5H2,1H3,(H,16,18)(H,17,19). The van der Waals surface area contributed by atoms with Crippen molar-refractivity contribution < 1.29 is 18.0 Å². The van der Waals surface area contributed by atoms with E-state index in [0.717, 1.165) is 0 Å². The van der Waals surface area contributed by atoms with Crippen molar-refractivity contribution in [1.29, 1.82) is 0 Å². The first-order valence-electron chi connectivity index (χ1n) is 6.25. The number of rotatable bonds is 2. The molecule has 1 aliphatic rings. The summed E-state index contributed by atoms with van der Waals surface area (Å²) >= 11 is 0. The number of carbonyl (C=O) groups is 1. The highest BCUT2D eigenvalue weighted by Crippen LogP contribution is 2.37. The summed E-state index contributed by atoms with van der Waals surface area (Å²) in [5.74, 6) is -1.50. The minimum absolute atomic E-state index is 0.0822. The van der Waals surface area contributed by atoms with Crippen molar-refractivity contribution >= 4 is 5.91 Å². The van der Waals surface area contributed by atoms with Crippen LogP contribution in [-0.4, -0.2) is 28.3 Å². The van der Waals surface area contributed by atoms with E-state index < -0.39 is 12.1 Å². The monoisotopic (exact) mass is 275 g/mol. The van der Waals surface area contributed by atoms with Crippen molar-refractivity contribution in [2.24, 2.45) is 5.92 Å². The van der Waals surface area contributed by atoms with Crippen LogP contribution in [0.5, 0.6) is 0 Å². The number of carbonyl (C=O) groups excluding carboxylic acids is 1. The fraction of sp³-hybridized carbons (Fsp3) is 0.667. The van der Waals surface area contributed by atoms with E-state index in [0.29, 0.717) is 24.1 Å². The Morgan fingerprint density at radius 1 is 1.37 bits per heavy atom. The van der Waals surface area contributed by atoms with Gasteiger partial charge in [-0.3, -0.25) is 9.89 Å². The predicted molar refractivity (Wildman–Crippen MR) is 62.6 cm³/mol. The zero-order valence-electron chi connectivity index (χ0n) is 10.5. The Hall–Kier alpha value is -1.53. The number of amides is 1. The Labute approximate surface area is 108 Å². The van der Waals surface area contributed by atoms with Crippen LogP contribution in [0.1, 0.15) is 41.7 Å². The van der Waals surface area contributed by atoms with Crippen LogP contribution in [0.15, 0.2) is 6.20 Å². The summed E-state index contributed by atoms with van der Waals surface area (Å²) in [7, 11) is 0. The van der Waals surface area contributed by atoms with Gasteiger partial charge in [0.1, 0.15) is 0 Å². The molecule has 19 heavy (non-hydrogen) atoms. The van der Waals surface area contributed by atoms with Gasteiger partial charge in [0.25, 0.3) is 5.91 Å². The fourth-order valence-corrected chi connectivity index (χ4v) is 2.41. The lowest BCUT2D eigenvalue weighted by Crippen LogP contribution is -2.40. The van der Waals surface area contributed by atoms with Crippen LogP contribution in [-0.2, 0) is 0 Å². The minimum Gasteiger partial charge on any atom is -0.349 e. The quantitative estimate of drug-likeness (QED) is 0.871. The van der Waals surface area contributed by atoms with Gasteiger partial charge in [-0.1, -0.05) is 0 Å². The highest BCUT2D eigenvalue weighted by atomic mass is 19.4. The Kier molecular flexibility index (Phi) is 3.82. The molecule has 0 atom stereocenters. The first kappa shape index (κ1) is 13.9. The molecular weight excluding hydrogens is 259 g/mol. The van der Waals surface area contributed by atoms with E-state index in [4.69, 9.17) is 0 Å². The molecule has 2 rings (SSSR count). The van der Waals surface area contributed by atoms with E-state index in [1.807, 2.05) is 0 Å². The third kappa shape index (κ3) is 3.27. The SMILES string of the molecule is Cc1[nH]ncc1C(=O)NC1CCC(C(F)(F)F)CC1. The maximum Gasteiger partial charge on any atom is 0.391 e. The lowest BCUT2D eigenvalue weighted by molar-refractivity contribution is -0.182. The summed E-state index contributed by atoms with van der Waals surface area (Å²) < 4.78 is 37.5. The molecule has 0 saturated heterocycles. The second-order valence-electron chi connectivity index (χ2n) is 4.97. The first-order chi connectivity index (χ1) is 8.88. The molecule has 0 aromatic carbocycles. The largest absolute Gasteiger partial charge is 0.391 e. The molecule has 0 radical (unpaired) electrons. The molecule has 1 aromatic heterocycles. The van der Waals surface area contributed by atoms with Crippen LogP contribution in [0.2, 0.25) is 0 Å². The lowest BCUT2D eigenvalue weighted by Gasteiger charge is -2.30. The Bertz CT molecular complexity index is 447. The Morgan fingerprint density at radius 3 is 2.47 bits per heavy atom. The number of hydrogen-bond acceptors (Lipinski definition) is 2. The van der Waals surface area contributed by atoms with Crippen LogP contribution >= 0.6 is 0 Å². The second-order valence-corrected chi connectivity index (χ2v) is 4.97. The van der Waals surface area contributed by atoms with Crippen molar-refractivity contribution in [3.05, 3.63) is 17.5 Å². The van der Waals surface area contributed by atoms with Crippen molar-refractivity contribution in [3.8, 4) is 0 Å². The molecule has 1 aliphatic carbocycles.